The molecule has 0 aliphatic rings. The number of aromatic carboxylic acids is 1. The molecule has 0 radical (unpaired) electrons. The van der Waals surface area contributed by atoms with Crippen LogP contribution in [0.5, 0.6) is 5.75 Å². The Labute approximate surface area is 123 Å². The molecule has 1 N–H and O–H groups in total. The highest BCUT2D eigenvalue weighted by molar-refractivity contribution is 5.88. The normalized spacial score (nSPS) is 10.7. The Morgan fingerprint density at radius 3 is 2.67 bits per heavy atom. The van der Waals surface area contributed by atoms with Gasteiger partial charge in [0, 0.05) is 18.2 Å². The highest BCUT2D eigenvalue weighted by Crippen LogP contribution is 2.21. The molecule has 0 amide bonds. The van der Waals surface area contributed by atoms with Gasteiger partial charge in [0.2, 0.25) is 0 Å². The molecule has 0 atom stereocenters. The van der Waals surface area contributed by atoms with E-state index in [0.29, 0.717) is 17.9 Å². The summed E-state index contributed by atoms with van der Waals surface area (Å²) in [7, 11) is 1.62. The van der Waals surface area contributed by atoms with Gasteiger partial charge in [-0.05, 0) is 12.0 Å². The van der Waals surface area contributed by atoms with Crippen molar-refractivity contribution in [3.63, 3.8) is 0 Å². The Balaban J connectivity index is 2.37. The van der Waals surface area contributed by atoms with Crippen molar-refractivity contribution in [3.8, 4) is 5.75 Å². The number of aromatic nitrogens is 2. The second kappa shape index (κ2) is 6.35. The second-order valence-corrected chi connectivity index (χ2v) is 5.03. The number of hydrogen-bond donors (Lipinski definition) is 1. The van der Waals surface area contributed by atoms with Crippen LogP contribution in [0.4, 0.5) is 0 Å². The fourth-order valence-electron chi connectivity index (χ4n) is 2.14. The summed E-state index contributed by atoms with van der Waals surface area (Å²) in [5.41, 5.74) is 1.69. The lowest BCUT2D eigenvalue weighted by atomic mass is 10.0. The zero-order valence-corrected chi connectivity index (χ0v) is 12.3. The Morgan fingerprint density at radius 2 is 2.05 bits per heavy atom. The summed E-state index contributed by atoms with van der Waals surface area (Å²) in [5, 5.41) is 9.18. The molecule has 2 aromatic rings. The molecule has 1 heterocycles. The molecule has 2 rings (SSSR count). The van der Waals surface area contributed by atoms with Crippen molar-refractivity contribution in [2.45, 2.75) is 26.2 Å². The molecule has 0 unspecified atom stereocenters. The molecule has 1 aromatic heterocycles. The molecule has 110 valence electrons. The van der Waals surface area contributed by atoms with Crippen LogP contribution in [0.3, 0.4) is 0 Å². The van der Waals surface area contributed by atoms with Crippen LogP contribution in [0, 0.1) is 0 Å². The maximum atomic E-state index is 11.2. The Kier molecular flexibility index (Phi) is 4.52. The van der Waals surface area contributed by atoms with Crippen molar-refractivity contribution < 1.29 is 14.6 Å². The molecule has 1 aromatic carbocycles. The molecule has 5 heteroatoms. The van der Waals surface area contributed by atoms with Gasteiger partial charge >= 0.3 is 5.97 Å². The molecule has 0 saturated heterocycles. The van der Waals surface area contributed by atoms with E-state index in [1.807, 2.05) is 38.1 Å². The molecular formula is C16H18N2O3. The summed E-state index contributed by atoms with van der Waals surface area (Å²) in [6.07, 6.45) is 1.89. The summed E-state index contributed by atoms with van der Waals surface area (Å²) in [4.78, 5) is 19.8. The van der Waals surface area contributed by atoms with Gasteiger partial charge in [-0.15, -0.1) is 0 Å². The van der Waals surface area contributed by atoms with Gasteiger partial charge in [-0.1, -0.05) is 32.0 Å². The van der Waals surface area contributed by atoms with Crippen molar-refractivity contribution in [2.24, 2.45) is 0 Å². The fourth-order valence-corrected chi connectivity index (χ4v) is 2.14. The van der Waals surface area contributed by atoms with E-state index in [4.69, 9.17) is 4.74 Å². The van der Waals surface area contributed by atoms with Crippen molar-refractivity contribution >= 4 is 5.97 Å². The molecular weight excluding hydrogens is 268 g/mol. The smallest absolute Gasteiger partial charge is 0.339 e. The summed E-state index contributed by atoms with van der Waals surface area (Å²) < 4.78 is 5.31. The number of methoxy groups -OCH3 is 1. The Bertz CT molecular complexity index is 654. The molecule has 0 aliphatic heterocycles. The number of nitrogens with zero attached hydrogens (tertiary/aromatic N) is 2. The lowest BCUT2D eigenvalue weighted by Gasteiger charge is -2.11. The monoisotopic (exact) mass is 286 g/mol. The Morgan fingerprint density at radius 1 is 1.33 bits per heavy atom. The molecule has 0 fully saturated rings. The molecule has 21 heavy (non-hydrogen) atoms. The average molecular weight is 286 g/mol. The summed E-state index contributed by atoms with van der Waals surface area (Å²) >= 11 is 0. The molecule has 0 saturated carbocycles. The minimum atomic E-state index is -0.998. The summed E-state index contributed by atoms with van der Waals surface area (Å²) in [6.45, 7) is 3.84. The zero-order valence-electron chi connectivity index (χ0n) is 12.3. The second-order valence-electron chi connectivity index (χ2n) is 5.03. The predicted octanol–water partition coefficient (Wildman–Crippen LogP) is 2.90. The topological polar surface area (TPSA) is 72.3 Å². The third kappa shape index (κ3) is 3.37. The number of rotatable bonds is 5. The van der Waals surface area contributed by atoms with E-state index < -0.39 is 5.97 Å². The van der Waals surface area contributed by atoms with Crippen molar-refractivity contribution in [1.82, 2.24) is 9.97 Å². The molecule has 0 aliphatic carbocycles. The number of benzene rings is 1. The SMILES string of the molecule is COc1ccccc1Cc1ncc(C(=O)O)c(C(C)C)n1. The summed E-state index contributed by atoms with van der Waals surface area (Å²) in [6, 6.07) is 7.65. The van der Waals surface area contributed by atoms with E-state index in [9.17, 15) is 9.90 Å². The van der Waals surface area contributed by atoms with Crippen LogP contribution in [-0.4, -0.2) is 28.2 Å². The standard InChI is InChI=1S/C16H18N2O3/c1-10(2)15-12(16(19)20)9-17-14(18-15)8-11-6-4-5-7-13(11)21-3/h4-7,9-10H,8H2,1-3H3,(H,19,20). The quantitative estimate of drug-likeness (QED) is 0.915. The molecule has 0 spiro atoms. The van der Waals surface area contributed by atoms with Crippen molar-refractivity contribution in [1.29, 1.82) is 0 Å². The maximum absolute atomic E-state index is 11.2. The number of para-hydroxylation sites is 1. The first-order valence-electron chi connectivity index (χ1n) is 6.74. The summed E-state index contributed by atoms with van der Waals surface area (Å²) in [5.74, 6) is 0.390. The van der Waals surface area contributed by atoms with E-state index in [1.165, 1.54) is 6.20 Å². The number of carboxylic acids is 1. The Hall–Kier alpha value is -2.43. The van der Waals surface area contributed by atoms with Gasteiger partial charge in [-0.3, -0.25) is 0 Å². The minimum Gasteiger partial charge on any atom is -0.496 e. The first kappa shape index (κ1) is 15.0. The highest BCUT2D eigenvalue weighted by atomic mass is 16.5. The van der Waals surface area contributed by atoms with Crippen LogP contribution in [0.1, 0.15) is 47.2 Å². The largest absolute Gasteiger partial charge is 0.496 e. The number of carbonyl (C=O) groups is 1. The highest BCUT2D eigenvalue weighted by Gasteiger charge is 2.16. The molecule has 0 bridgehead atoms. The van der Waals surface area contributed by atoms with Crippen LogP contribution < -0.4 is 4.74 Å². The van der Waals surface area contributed by atoms with E-state index in [1.54, 1.807) is 7.11 Å². The first-order chi connectivity index (χ1) is 10.0. The number of ether oxygens (including phenoxy) is 1. The minimum absolute atomic E-state index is 0.0236. The third-order valence-corrected chi connectivity index (χ3v) is 3.19. The number of carboxylic acid groups (broad SMARTS) is 1. The average Bonchev–Trinajstić information content (AvgIpc) is 2.47. The lowest BCUT2D eigenvalue weighted by Crippen LogP contribution is -2.10. The van der Waals surface area contributed by atoms with Crippen LogP contribution >= 0.6 is 0 Å². The van der Waals surface area contributed by atoms with E-state index in [2.05, 4.69) is 9.97 Å². The number of hydrogen-bond acceptors (Lipinski definition) is 4. The van der Waals surface area contributed by atoms with Crippen LogP contribution in [0.2, 0.25) is 0 Å². The van der Waals surface area contributed by atoms with Gasteiger partial charge < -0.3 is 9.84 Å². The lowest BCUT2D eigenvalue weighted by molar-refractivity contribution is 0.0694. The van der Waals surface area contributed by atoms with Gasteiger partial charge in [0.05, 0.1) is 18.4 Å². The van der Waals surface area contributed by atoms with Gasteiger partial charge in [0.1, 0.15) is 11.6 Å². The van der Waals surface area contributed by atoms with Gasteiger partial charge in [-0.2, -0.15) is 0 Å². The zero-order chi connectivity index (χ0) is 15.4. The first-order valence-corrected chi connectivity index (χ1v) is 6.74. The fraction of sp³-hybridized carbons (Fsp3) is 0.312. The van der Waals surface area contributed by atoms with Crippen LogP contribution in [-0.2, 0) is 6.42 Å². The van der Waals surface area contributed by atoms with Crippen molar-refractivity contribution in [2.75, 3.05) is 7.11 Å². The van der Waals surface area contributed by atoms with Gasteiger partial charge in [-0.25, -0.2) is 14.8 Å². The van der Waals surface area contributed by atoms with Gasteiger partial charge in [0.25, 0.3) is 0 Å². The van der Waals surface area contributed by atoms with E-state index >= 15 is 0 Å². The van der Waals surface area contributed by atoms with Crippen molar-refractivity contribution in [3.05, 3.63) is 53.1 Å². The van der Waals surface area contributed by atoms with Crippen LogP contribution in [0.15, 0.2) is 30.5 Å². The molecule has 5 nitrogen and oxygen atoms in total. The van der Waals surface area contributed by atoms with Gasteiger partial charge in [0.15, 0.2) is 0 Å². The van der Waals surface area contributed by atoms with Crippen LogP contribution in [0.25, 0.3) is 0 Å². The third-order valence-electron chi connectivity index (χ3n) is 3.19. The van der Waals surface area contributed by atoms with E-state index in [0.717, 1.165) is 11.3 Å². The predicted molar refractivity (Wildman–Crippen MR) is 78.9 cm³/mol. The van der Waals surface area contributed by atoms with E-state index in [-0.39, 0.29) is 11.5 Å². The maximum Gasteiger partial charge on any atom is 0.339 e.